The molecule has 0 bridgehead atoms. The first-order chi connectivity index (χ1) is 35.3. The summed E-state index contributed by atoms with van der Waals surface area (Å²) < 4.78 is 63.4. The quantitative estimate of drug-likeness (QED) is 0.0596. The number of benzene rings is 3. The molecule has 5 aromatic rings. The number of piperazine rings is 1. The lowest BCUT2D eigenvalue weighted by molar-refractivity contribution is -0.147. The number of ether oxygens (including phenoxy) is 1. The largest absolute Gasteiger partial charge is 0.461 e. The molecule has 0 radical (unpaired) electrons. The number of H-pyrrole nitrogens is 1. The minimum absolute atomic E-state index is 0.00966. The number of hydrogen-bond donors (Lipinski definition) is 5. The molecular weight excluding hydrogens is 999 g/mol. The van der Waals surface area contributed by atoms with Crippen molar-refractivity contribution in [2.75, 3.05) is 43.4 Å². The number of halogens is 4. The van der Waals surface area contributed by atoms with Gasteiger partial charge in [0.2, 0.25) is 23.3 Å². The normalized spacial score (nSPS) is 18.5. The second-order valence-corrected chi connectivity index (χ2v) is 20.8. The zero-order chi connectivity index (χ0) is 54.7. The van der Waals surface area contributed by atoms with Crippen LogP contribution in [0.2, 0.25) is 0 Å². The standard InChI is InChI=1S/C53H59F4N9O8S/c1-28-24-65(25-29(2)64(28)8)42-16-14-34(18-41(42)62-49(71)38-22-58-44(68)20-39(38)53(55,56)57)37-17-35(13-15-40(37)54)48(70)60-23-45(69)63-47(52(5,6)7)51(73)66-26-36(74-31(4)67)19-43(66)50(72)59-21-32-9-11-33(12-10-32)46-30(3)61-27-75-46/h9-18,20,22,27-29,36,43,47H,19,21,23-26H2,1-8H3,(H,58,68)(H,59,72)(H,60,70)(H,62,71)(H,63,69)/t28-,29+,36?,43?,47?. The summed E-state index contributed by atoms with van der Waals surface area (Å²) in [6, 6.07) is 13.6. The predicted octanol–water partition coefficient (Wildman–Crippen LogP) is 6.52. The number of thiazole rings is 1. The summed E-state index contributed by atoms with van der Waals surface area (Å²) >= 11 is 1.52. The van der Waals surface area contributed by atoms with Gasteiger partial charge < -0.3 is 40.8 Å². The maximum atomic E-state index is 15.8. The molecular formula is C53H59F4N9O8S. The van der Waals surface area contributed by atoms with Crippen molar-refractivity contribution in [3.05, 3.63) is 123 Å². The highest BCUT2D eigenvalue weighted by atomic mass is 32.1. The van der Waals surface area contributed by atoms with Crippen LogP contribution in [-0.4, -0.2) is 119 Å². The highest BCUT2D eigenvalue weighted by molar-refractivity contribution is 7.13. The van der Waals surface area contributed by atoms with Gasteiger partial charge in [-0.1, -0.05) is 51.1 Å². The molecule has 2 fully saturated rings. The molecule has 3 aromatic carbocycles. The van der Waals surface area contributed by atoms with E-state index >= 15 is 4.39 Å². The highest BCUT2D eigenvalue weighted by Gasteiger charge is 2.46. The first-order valence-corrected chi connectivity index (χ1v) is 25.0. The summed E-state index contributed by atoms with van der Waals surface area (Å²) in [4.78, 5) is 106. The minimum Gasteiger partial charge on any atom is -0.461 e. The topological polar surface area (TPSA) is 215 Å². The number of aromatic amines is 1. The number of likely N-dealkylation sites (tertiary alicyclic amines) is 1. The number of aromatic nitrogens is 2. The summed E-state index contributed by atoms with van der Waals surface area (Å²) in [5.74, 6) is -5.27. The van der Waals surface area contributed by atoms with E-state index in [9.17, 15) is 46.7 Å². The van der Waals surface area contributed by atoms with Gasteiger partial charge in [-0.3, -0.25) is 38.5 Å². The second-order valence-electron chi connectivity index (χ2n) is 20.0. The van der Waals surface area contributed by atoms with E-state index in [4.69, 9.17) is 4.74 Å². The van der Waals surface area contributed by atoms with Gasteiger partial charge >= 0.3 is 12.1 Å². The van der Waals surface area contributed by atoms with Crippen LogP contribution in [0.25, 0.3) is 21.6 Å². The number of carbonyl (C=O) groups is 6. The Bertz CT molecular complexity index is 3040. The number of pyridine rings is 1. The van der Waals surface area contributed by atoms with Gasteiger partial charge in [-0.25, -0.2) is 9.37 Å². The van der Waals surface area contributed by atoms with Crippen molar-refractivity contribution < 1.29 is 51.1 Å². The number of amides is 5. The third-order valence-electron chi connectivity index (χ3n) is 13.4. The van der Waals surface area contributed by atoms with Crippen molar-refractivity contribution in [2.45, 2.75) is 97.9 Å². The smallest absolute Gasteiger partial charge is 0.417 e. The lowest BCUT2D eigenvalue weighted by Crippen LogP contribution is -2.58. The Morgan fingerprint density at radius 1 is 0.893 bits per heavy atom. The minimum atomic E-state index is -5.04. The number of aryl methyl sites for hydroxylation is 1. The molecule has 398 valence electrons. The Balaban J connectivity index is 1.06. The Hall–Kier alpha value is -7.46. The predicted molar refractivity (Wildman–Crippen MR) is 274 cm³/mol. The SMILES string of the molecule is CC(=O)OC1CC(C(=O)NCc2ccc(-c3scnc3C)cc2)N(C(=O)C(NC(=O)CNC(=O)c2ccc(F)c(-c3ccc(N4C[C@@H](C)N(C)[C@@H](C)C4)c(NC(=O)c4c[nH]c(=O)cc4C(F)(F)F)c3)c2)C(C)(C)C)C1. The molecule has 5 atom stereocenters. The highest BCUT2D eigenvalue weighted by Crippen LogP contribution is 2.37. The molecule has 4 heterocycles. The molecule has 2 aliphatic rings. The van der Waals surface area contributed by atoms with Gasteiger partial charge in [-0.2, -0.15) is 13.2 Å². The summed E-state index contributed by atoms with van der Waals surface area (Å²) in [5.41, 5.74) is 0.547. The van der Waals surface area contributed by atoms with Gasteiger partial charge in [0.25, 0.3) is 11.8 Å². The molecule has 0 saturated carbocycles. The number of esters is 1. The van der Waals surface area contributed by atoms with Gasteiger partial charge in [-0.15, -0.1) is 11.3 Å². The maximum Gasteiger partial charge on any atom is 0.417 e. The monoisotopic (exact) mass is 1060 g/mol. The van der Waals surface area contributed by atoms with Crippen LogP contribution in [0, 0.1) is 18.2 Å². The van der Waals surface area contributed by atoms with Crippen LogP contribution < -0.4 is 31.7 Å². The molecule has 5 amide bonds. The van der Waals surface area contributed by atoms with Crippen LogP contribution >= 0.6 is 11.3 Å². The molecule has 22 heteroatoms. The van der Waals surface area contributed by atoms with Crippen molar-refractivity contribution >= 4 is 58.2 Å². The van der Waals surface area contributed by atoms with E-state index in [1.54, 1.807) is 38.4 Å². The van der Waals surface area contributed by atoms with Crippen LogP contribution in [0.3, 0.4) is 0 Å². The maximum absolute atomic E-state index is 15.8. The summed E-state index contributed by atoms with van der Waals surface area (Å²) in [6.07, 6.45) is -5.16. The van der Waals surface area contributed by atoms with Gasteiger partial charge in [0.15, 0.2) is 0 Å². The van der Waals surface area contributed by atoms with Crippen LogP contribution in [-0.2, 0) is 36.6 Å². The fourth-order valence-corrected chi connectivity index (χ4v) is 10.0. The summed E-state index contributed by atoms with van der Waals surface area (Å²) in [7, 11) is 1.96. The molecule has 17 nitrogen and oxygen atoms in total. The van der Waals surface area contributed by atoms with Gasteiger partial charge in [0, 0.05) is 68.5 Å². The lowest BCUT2D eigenvalue weighted by atomic mass is 9.85. The Morgan fingerprint density at radius 2 is 1.57 bits per heavy atom. The number of carbonyl (C=O) groups excluding carboxylic acids is 6. The van der Waals surface area contributed by atoms with E-state index in [2.05, 4.69) is 36.1 Å². The molecule has 2 aromatic heterocycles. The van der Waals surface area contributed by atoms with Gasteiger partial charge in [-0.05, 0) is 80.3 Å². The molecule has 0 spiro atoms. The van der Waals surface area contributed by atoms with E-state index in [0.717, 1.165) is 27.8 Å². The molecule has 3 unspecified atom stereocenters. The molecule has 7 rings (SSSR count). The molecule has 5 N–H and O–H groups in total. The number of rotatable bonds is 14. The zero-order valence-electron chi connectivity index (χ0n) is 42.6. The Kier molecular flexibility index (Phi) is 16.6. The van der Waals surface area contributed by atoms with Crippen molar-refractivity contribution in [2.24, 2.45) is 5.41 Å². The third-order valence-corrected chi connectivity index (χ3v) is 14.4. The van der Waals surface area contributed by atoms with Crippen LogP contribution in [0.4, 0.5) is 28.9 Å². The fraction of sp³-hybridized carbons (Fsp3) is 0.396. The average molecular weight is 1060 g/mol. The van der Waals surface area contributed by atoms with E-state index < -0.39 is 94.3 Å². The first-order valence-electron chi connectivity index (χ1n) is 24.1. The first kappa shape index (κ1) is 55.3. The van der Waals surface area contributed by atoms with Crippen LogP contribution in [0.5, 0.6) is 0 Å². The third kappa shape index (κ3) is 13.1. The lowest BCUT2D eigenvalue weighted by Gasteiger charge is -2.44. The molecule has 0 aliphatic carbocycles. The number of hydrogen-bond acceptors (Lipinski definition) is 12. The summed E-state index contributed by atoms with van der Waals surface area (Å²) in [5, 5.41) is 10.6. The number of likely N-dealkylation sites (N-methyl/N-ethyl adjacent to an activating group) is 1. The van der Waals surface area contributed by atoms with Crippen LogP contribution in [0.15, 0.2) is 83.2 Å². The Morgan fingerprint density at radius 3 is 2.20 bits per heavy atom. The van der Waals surface area contributed by atoms with Crippen LogP contribution in [0.1, 0.15) is 85.5 Å². The molecule has 2 saturated heterocycles. The molecule has 2 aliphatic heterocycles. The number of nitrogens with zero attached hydrogens (tertiary/aromatic N) is 4. The Labute approximate surface area is 434 Å². The van der Waals surface area contributed by atoms with Gasteiger partial charge in [0.05, 0.1) is 51.7 Å². The number of anilines is 2. The number of nitrogens with one attached hydrogen (secondary N) is 5. The van der Waals surface area contributed by atoms with Crippen molar-refractivity contribution in [3.63, 3.8) is 0 Å². The van der Waals surface area contributed by atoms with E-state index in [1.807, 2.05) is 57.0 Å². The van der Waals surface area contributed by atoms with Crippen molar-refractivity contribution in [1.29, 1.82) is 0 Å². The van der Waals surface area contributed by atoms with E-state index in [1.165, 1.54) is 41.4 Å². The average Bonchev–Trinajstić information content (AvgIpc) is 3.98. The zero-order valence-corrected chi connectivity index (χ0v) is 43.4. The van der Waals surface area contributed by atoms with Gasteiger partial charge in [0.1, 0.15) is 24.0 Å². The number of alkyl halides is 3. The molecule has 75 heavy (non-hydrogen) atoms. The fourth-order valence-electron chi connectivity index (χ4n) is 9.21. The van der Waals surface area contributed by atoms with E-state index in [-0.39, 0.29) is 60.0 Å². The summed E-state index contributed by atoms with van der Waals surface area (Å²) in [6.45, 7) is 12.6. The second kappa shape index (κ2) is 22.6. The van der Waals surface area contributed by atoms with Crippen molar-refractivity contribution in [3.8, 4) is 21.6 Å². The van der Waals surface area contributed by atoms with E-state index in [0.29, 0.717) is 25.0 Å². The van der Waals surface area contributed by atoms with Crippen molar-refractivity contribution in [1.82, 2.24) is 35.7 Å².